The van der Waals surface area contributed by atoms with Crippen molar-refractivity contribution in [2.75, 3.05) is 0 Å². The number of carbonyl (C=O) groups is 1. The van der Waals surface area contributed by atoms with Gasteiger partial charge in [0.1, 0.15) is 0 Å². The minimum Gasteiger partial charge on any atom is -0.481 e. The molecular weight excluding hydrogens is 319 g/mol. The van der Waals surface area contributed by atoms with E-state index in [1.54, 1.807) is 6.07 Å². The first-order chi connectivity index (χ1) is 11.3. The Morgan fingerprint density at radius 2 is 1.75 bits per heavy atom. The lowest BCUT2D eigenvalue weighted by atomic mass is 9.74. The van der Waals surface area contributed by atoms with Crippen LogP contribution < -0.4 is 5.32 Å². The average molecular weight is 341 g/mol. The molecule has 2 aliphatic carbocycles. The summed E-state index contributed by atoms with van der Waals surface area (Å²) in [4.78, 5) is 10.9. The van der Waals surface area contributed by atoms with Crippen molar-refractivity contribution in [1.29, 1.82) is 0 Å². The van der Waals surface area contributed by atoms with Gasteiger partial charge in [0.25, 0.3) is 0 Å². The van der Waals surface area contributed by atoms with Crippen LogP contribution >= 0.6 is 0 Å². The molecule has 0 amide bonds. The van der Waals surface area contributed by atoms with Crippen molar-refractivity contribution in [1.82, 2.24) is 5.32 Å². The van der Waals surface area contributed by atoms with Crippen molar-refractivity contribution in [2.45, 2.75) is 62.7 Å². The topological polar surface area (TPSA) is 49.3 Å². The third kappa shape index (κ3) is 3.91. The highest BCUT2D eigenvalue weighted by molar-refractivity contribution is 5.70. The predicted octanol–water partition coefficient (Wildman–Crippen LogP) is 4.18. The van der Waals surface area contributed by atoms with E-state index in [0.29, 0.717) is 24.9 Å². The number of aliphatic carboxylic acids is 1. The number of alkyl halides is 3. The van der Waals surface area contributed by atoms with Gasteiger partial charge < -0.3 is 10.4 Å². The fourth-order valence-corrected chi connectivity index (χ4v) is 3.84. The maximum Gasteiger partial charge on any atom is 0.416 e. The Labute approximate surface area is 139 Å². The van der Waals surface area contributed by atoms with Gasteiger partial charge >= 0.3 is 12.1 Å². The van der Waals surface area contributed by atoms with E-state index in [2.05, 4.69) is 5.32 Å². The lowest BCUT2D eigenvalue weighted by molar-refractivity contribution is -0.143. The van der Waals surface area contributed by atoms with Gasteiger partial charge in [0.2, 0.25) is 0 Å². The second-order valence-electron chi connectivity index (χ2n) is 7.04. The van der Waals surface area contributed by atoms with Gasteiger partial charge in [-0.25, -0.2) is 0 Å². The lowest BCUT2D eigenvalue weighted by Crippen LogP contribution is -2.47. The summed E-state index contributed by atoms with van der Waals surface area (Å²) in [6.45, 7) is 0. The van der Waals surface area contributed by atoms with Gasteiger partial charge in [-0.1, -0.05) is 18.2 Å². The van der Waals surface area contributed by atoms with E-state index in [-0.39, 0.29) is 11.8 Å². The average Bonchev–Trinajstić information content (AvgIpc) is 2.50. The molecular formula is C18H22F3NO2. The standard InChI is InChI=1S/C18H22F3NO2/c19-18(20,21)14-3-1-2-12(8-14)13-9-16(10-13)22-15-6-4-11(5-7-15)17(23)24/h1-3,8,11,13,15-16,22H,4-7,9-10H2,(H,23,24). The molecule has 132 valence electrons. The quantitative estimate of drug-likeness (QED) is 0.863. The second-order valence-corrected chi connectivity index (χ2v) is 7.04. The maximum atomic E-state index is 12.8. The first-order valence-electron chi connectivity index (χ1n) is 8.49. The fraction of sp³-hybridized carbons (Fsp3) is 0.611. The Morgan fingerprint density at radius 3 is 2.33 bits per heavy atom. The number of carboxylic acid groups (broad SMARTS) is 1. The monoisotopic (exact) mass is 341 g/mol. The predicted molar refractivity (Wildman–Crippen MR) is 83.7 cm³/mol. The highest BCUT2D eigenvalue weighted by Crippen LogP contribution is 2.40. The molecule has 0 unspecified atom stereocenters. The molecule has 2 saturated carbocycles. The highest BCUT2D eigenvalue weighted by atomic mass is 19.4. The molecule has 2 N–H and O–H groups in total. The molecule has 0 atom stereocenters. The SMILES string of the molecule is O=C(O)C1CCC(NC2CC(c3cccc(C(F)(F)F)c3)C2)CC1. The Bertz CT molecular complexity index is 588. The summed E-state index contributed by atoms with van der Waals surface area (Å²) in [6, 6.07) is 6.29. The summed E-state index contributed by atoms with van der Waals surface area (Å²) in [7, 11) is 0. The molecule has 0 saturated heterocycles. The number of hydrogen-bond donors (Lipinski definition) is 2. The van der Waals surface area contributed by atoms with Crippen LogP contribution in [0.15, 0.2) is 24.3 Å². The number of rotatable bonds is 4. The van der Waals surface area contributed by atoms with Crippen molar-refractivity contribution >= 4 is 5.97 Å². The minimum absolute atomic E-state index is 0.181. The van der Waals surface area contributed by atoms with Crippen LogP contribution in [0.5, 0.6) is 0 Å². The zero-order valence-corrected chi connectivity index (χ0v) is 13.4. The molecule has 3 nitrogen and oxygen atoms in total. The summed E-state index contributed by atoms with van der Waals surface area (Å²) < 4.78 is 38.3. The van der Waals surface area contributed by atoms with Crippen LogP contribution in [0.25, 0.3) is 0 Å². The van der Waals surface area contributed by atoms with Crippen molar-refractivity contribution in [3.63, 3.8) is 0 Å². The molecule has 0 spiro atoms. The fourth-order valence-electron chi connectivity index (χ4n) is 3.84. The van der Waals surface area contributed by atoms with Crippen LogP contribution in [0.2, 0.25) is 0 Å². The third-order valence-corrected chi connectivity index (χ3v) is 5.37. The minimum atomic E-state index is -4.29. The molecule has 0 bridgehead atoms. The van der Waals surface area contributed by atoms with E-state index >= 15 is 0 Å². The van der Waals surface area contributed by atoms with E-state index in [0.717, 1.165) is 37.3 Å². The normalized spacial score (nSPS) is 30.6. The Kier molecular flexibility index (Phi) is 4.85. The number of carboxylic acids is 1. The molecule has 1 aromatic carbocycles. The van der Waals surface area contributed by atoms with Crippen LogP contribution in [0.1, 0.15) is 55.6 Å². The van der Waals surface area contributed by atoms with Gasteiger partial charge in [-0.15, -0.1) is 0 Å². The summed E-state index contributed by atoms with van der Waals surface area (Å²) in [5, 5.41) is 12.5. The van der Waals surface area contributed by atoms with Crippen LogP contribution in [0, 0.1) is 5.92 Å². The summed E-state index contributed by atoms with van der Waals surface area (Å²) in [5.74, 6) is -0.746. The first kappa shape index (κ1) is 17.3. The van der Waals surface area contributed by atoms with Crippen molar-refractivity contribution in [3.8, 4) is 0 Å². The van der Waals surface area contributed by atoms with Gasteiger partial charge in [-0.05, 0) is 56.1 Å². The Balaban J connectivity index is 1.47. The number of nitrogens with one attached hydrogen (secondary N) is 1. The smallest absolute Gasteiger partial charge is 0.416 e. The largest absolute Gasteiger partial charge is 0.481 e. The van der Waals surface area contributed by atoms with E-state index in [1.807, 2.05) is 0 Å². The number of halogens is 3. The summed E-state index contributed by atoms with van der Waals surface area (Å²) >= 11 is 0. The Morgan fingerprint density at radius 1 is 1.08 bits per heavy atom. The molecule has 0 radical (unpaired) electrons. The zero-order chi connectivity index (χ0) is 17.3. The Hall–Kier alpha value is -1.56. The van der Waals surface area contributed by atoms with Gasteiger partial charge in [0, 0.05) is 12.1 Å². The summed E-state index contributed by atoms with van der Waals surface area (Å²) in [5.41, 5.74) is 0.181. The van der Waals surface area contributed by atoms with Crippen LogP contribution in [-0.2, 0) is 11.0 Å². The molecule has 0 aliphatic heterocycles. The highest BCUT2D eigenvalue weighted by Gasteiger charge is 2.35. The molecule has 1 aromatic rings. The maximum absolute atomic E-state index is 12.8. The van der Waals surface area contributed by atoms with Gasteiger partial charge in [-0.2, -0.15) is 13.2 Å². The first-order valence-corrected chi connectivity index (χ1v) is 8.49. The van der Waals surface area contributed by atoms with Crippen LogP contribution in [0.3, 0.4) is 0 Å². The third-order valence-electron chi connectivity index (χ3n) is 5.37. The lowest BCUT2D eigenvalue weighted by Gasteiger charge is -2.40. The molecule has 6 heteroatoms. The molecule has 2 fully saturated rings. The van der Waals surface area contributed by atoms with E-state index in [9.17, 15) is 18.0 Å². The van der Waals surface area contributed by atoms with Crippen molar-refractivity contribution < 1.29 is 23.1 Å². The van der Waals surface area contributed by atoms with Crippen molar-refractivity contribution in [3.05, 3.63) is 35.4 Å². The van der Waals surface area contributed by atoms with Gasteiger partial charge in [-0.3, -0.25) is 4.79 Å². The molecule has 24 heavy (non-hydrogen) atoms. The van der Waals surface area contributed by atoms with Gasteiger partial charge in [0.05, 0.1) is 11.5 Å². The van der Waals surface area contributed by atoms with Crippen LogP contribution in [0.4, 0.5) is 13.2 Å². The van der Waals surface area contributed by atoms with Gasteiger partial charge in [0.15, 0.2) is 0 Å². The summed E-state index contributed by atoms with van der Waals surface area (Å²) in [6.07, 6.45) is 0.539. The van der Waals surface area contributed by atoms with E-state index < -0.39 is 17.7 Å². The molecule has 2 aliphatic rings. The van der Waals surface area contributed by atoms with Crippen molar-refractivity contribution in [2.24, 2.45) is 5.92 Å². The molecule has 3 rings (SSSR count). The number of benzene rings is 1. The number of hydrogen-bond acceptors (Lipinski definition) is 2. The van der Waals surface area contributed by atoms with E-state index in [1.165, 1.54) is 12.1 Å². The molecule has 0 heterocycles. The van der Waals surface area contributed by atoms with E-state index in [4.69, 9.17) is 5.11 Å². The second kappa shape index (κ2) is 6.75. The zero-order valence-electron chi connectivity index (χ0n) is 13.4. The molecule has 0 aromatic heterocycles. The van der Waals surface area contributed by atoms with Crippen LogP contribution in [-0.4, -0.2) is 23.2 Å².